The molecule has 0 radical (unpaired) electrons. The largest absolute Gasteiger partial charge is 0.482 e. The van der Waals surface area contributed by atoms with E-state index >= 15 is 0 Å². The second-order valence-electron chi connectivity index (χ2n) is 4.05. The van der Waals surface area contributed by atoms with Gasteiger partial charge in [-0.1, -0.05) is 43.0 Å². The number of rotatable bonds is 4. The fraction of sp³-hybridized carbons (Fsp3) is 0.200. The van der Waals surface area contributed by atoms with Crippen LogP contribution in [0.25, 0.3) is 5.76 Å². The summed E-state index contributed by atoms with van der Waals surface area (Å²) in [5.74, 6) is 0.749. The van der Waals surface area contributed by atoms with Crippen LogP contribution in [0.5, 0.6) is 0 Å². The van der Waals surface area contributed by atoms with Crippen molar-refractivity contribution in [1.29, 1.82) is 0 Å². The van der Waals surface area contributed by atoms with Gasteiger partial charge in [-0.05, 0) is 0 Å². The van der Waals surface area contributed by atoms with E-state index in [1.165, 1.54) is 5.56 Å². The fourth-order valence-electron chi connectivity index (χ4n) is 2.32. The number of hydrogen-bond acceptors (Lipinski definition) is 1. The molecular weight excluding hydrogens is 196 g/mol. The van der Waals surface area contributed by atoms with E-state index in [0.29, 0.717) is 0 Å². The third-order valence-electron chi connectivity index (χ3n) is 2.99. The Kier molecular flexibility index (Phi) is 2.69. The van der Waals surface area contributed by atoms with E-state index in [1.807, 2.05) is 30.4 Å². The molecule has 1 nitrogen and oxygen atoms in total. The zero-order valence-electron chi connectivity index (χ0n) is 9.41. The highest BCUT2D eigenvalue weighted by atomic mass is 16.5. The van der Waals surface area contributed by atoms with Gasteiger partial charge in [0.05, 0.1) is 0 Å². The molecule has 0 saturated carbocycles. The van der Waals surface area contributed by atoms with Crippen molar-refractivity contribution in [2.45, 2.75) is 18.4 Å². The van der Waals surface area contributed by atoms with Gasteiger partial charge in [-0.2, -0.15) is 0 Å². The summed E-state index contributed by atoms with van der Waals surface area (Å²) in [6.45, 7) is 11.6. The Bertz CT molecular complexity index is 433. The Morgan fingerprint density at radius 3 is 2.38 bits per heavy atom. The monoisotopic (exact) mass is 212 g/mol. The van der Waals surface area contributed by atoms with Gasteiger partial charge in [-0.25, -0.2) is 0 Å². The third kappa shape index (κ3) is 1.49. The third-order valence-corrected chi connectivity index (χ3v) is 2.99. The highest BCUT2D eigenvalue weighted by Crippen LogP contribution is 2.46. The van der Waals surface area contributed by atoms with Crippen LogP contribution in [0.3, 0.4) is 0 Å². The van der Waals surface area contributed by atoms with Crippen molar-refractivity contribution >= 4 is 5.76 Å². The second-order valence-corrected chi connectivity index (χ2v) is 4.05. The van der Waals surface area contributed by atoms with Crippen LogP contribution in [0.4, 0.5) is 0 Å². The normalized spacial score (nSPS) is 16.4. The van der Waals surface area contributed by atoms with Crippen molar-refractivity contribution in [3.8, 4) is 0 Å². The average Bonchev–Trinajstić information content (AvgIpc) is 2.55. The summed E-state index contributed by atoms with van der Waals surface area (Å²) in [4.78, 5) is 0. The first-order valence-electron chi connectivity index (χ1n) is 5.43. The molecule has 0 unspecified atom stereocenters. The zero-order valence-corrected chi connectivity index (χ0v) is 9.41. The summed E-state index contributed by atoms with van der Waals surface area (Å²) in [6, 6.07) is 8.18. The van der Waals surface area contributed by atoms with Crippen LogP contribution in [0.2, 0.25) is 0 Å². The minimum Gasteiger partial charge on any atom is -0.482 e. The summed E-state index contributed by atoms with van der Waals surface area (Å²) in [7, 11) is 0. The number of ether oxygens (including phenoxy) is 1. The average molecular weight is 212 g/mol. The van der Waals surface area contributed by atoms with Crippen LogP contribution >= 0.6 is 0 Å². The van der Waals surface area contributed by atoms with Crippen LogP contribution < -0.4 is 0 Å². The van der Waals surface area contributed by atoms with Gasteiger partial charge in [-0.15, -0.1) is 13.2 Å². The summed E-state index contributed by atoms with van der Waals surface area (Å²) in [5.41, 5.74) is 1.96. The maximum Gasteiger partial charge on any atom is 0.141 e. The lowest BCUT2D eigenvalue weighted by Gasteiger charge is -2.27. The molecule has 1 aromatic carbocycles. The van der Waals surface area contributed by atoms with Crippen molar-refractivity contribution < 1.29 is 4.74 Å². The molecule has 0 atom stereocenters. The zero-order chi connectivity index (χ0) is 11.6. The molecule has 0 aromatic heterocycles. The first-order valence-corrected chi connectivity index (χ1v) is 5.43. The van der Waals surface area contributed by atoms with Crippen molar-refractivity contribution in [2.75, 3.05) is 0 Å². The van der Waals surface area contributed by atoms with E-state index in [4.69, 9.17) is 4.74 Å². The summed E-state index contributed by atoms with van der Waals surface area (Å²) < 4.78 is 5.96. The van der Waals surface area contributed by atoms with Gasteiger partial charge in [-0.3, -0.25) is 0 Å². The first kappa shape index (κ1) is 10.7. The van der Waals surface area contributed by atoms with Crippen molar-refractivity contribution in [3.05, 3.63) is 67.3 Å². The molecule has 0 bridgehead atoms. The predicted octanol–water partition coefficient (Wildman–Crippen LogP) is 4.04. The smallest absolute Gasteiger partial charge is 0.141 e. The van der Waals surface area contributed by atoms with Crippen molar-refractivity contribution in [2.24, 2.45) is 0 Å². The molecule has 1 aliphatic heterocycles. The minimum atomic E-state index is -0.336. The highest BCUT2D eigenvalue weighted by molar-refractivity contribution is 5.67. The van der Waals surface area contributed by atoms with Crippen molar-refractivity contribution in [1.82, 2.24) is 0 Å². The van der Waals surface area contributed by atoms with Crippen molar-refractivity contribution in [3.63, 3.8) is 0 Å². The Labute approximate surface area is 96.8 Å². The van der Waals surface area contributed by atoms with Crippen LogP contribution in [0.15, 0.2) is 56.2 Å². The van der Waals surface area contributed by atoms with E-state index in [2.05, 4.69) is 25.8 Å². The van der Waals surface area contributed by atoms with Crippen LogP contribution in [-0.2, 0) is 10.3 Å². The molecule has 1 heterocycles. The quantitative estimate of drug-likeness (QED) is 0.684. The van der Waals surface area contributed by atoms with Gasteiger partial charge in [0.2, 0.25) is 0 Å². The van der Waals surface area contributed by atoms with Gasteiger partial charge in [0, 0.05) is 24.0 Å². The molecule has 0 amide bonds. The maximum atomic E-state index is 5.96. The molecule has 0 N–H and O–H groups in total. The summed E-state index contributed by atoms with van der Waals surface area (Å²) in [5, 5.41) is 0. The molecular formula is C15H16O. The van der Waals surface area contributed by atoms with Gasteiger partial charge < -0.3 is 4.74 Å². The Balaban J connectivity index is 2.53. The number of benzene rings is 1. The maximum absolute atomic E-state index is 5.96. The lowest BCUT2D eigenvalue weighted by molar-refractivity contribution is 0.0584. The highest BCUT2D eigenvalue weighted by Gasteiger charge is 2.40. The van der Waals surface area contributed by atoms with Gasteiger partial charge in [0.15, 0.2) is 0 Å². The number of hydrogen-bond donors (Lipinski definition) is 0. The van der Waals surface area contributed by atoms with E-state index in [1.54, 1.807) is 0 Å². The first-order chi connectivity index (χ1) is 7.73. The van der Waals surface area contributed by atoms with E-state index < -0.39 is 0 Å². The SMILES string of the molecule is C=CCC1(CC=C)OC(=C)c2ccccc21. The standard InChI is InChI=1S/C15H16O/c1-4-10-15(11-5-2)14-9-7-6-8-13(14)12(3)16-15/h4-9H,1-3,10-11H2. The lowest BCUT2D eigenvalue weighted by atomic mass is 9.86. The lowest BCUT2D eigenvalue weighted by Crippen LogP contribution is -2.23. The molecule has 82 valence electrons. The van der Waals surface area contributed by atoms with Crippen LogP contribution in [0, 0.1) is 0 Å². The predicted molar refractivity (Wildman–Crippen MR) is 67.9 cm³/mol. The molecule has 2 rings (SSSR count). The molecule has 1 aromatic rings. The number of fused-ring (bicyclic) bond motifs is 1. The van der Waals surface area contributed by atoms with Crippen LogP contribution in [0.1, 0.15) is 24.0 Å². The molecule has 0 aliphatic carbocycles. The Morgan fingerprint density at radius 2 is 1.75 bits per heavy atom. The molecule has 1 heteroatoms. The van der Waals surface area contributed by atoms with Gasteiger partial charge in [0.25, 0.3) is 0 Å². The molecule has 0 fully saturated rings. The van der Waals surface area contributed by atoms with Crippen LogP contribution in [-0.4, -0.2) is 0 Å². The minimum absolute atomic E-state index is 0.336. The second kappa shape index (κ2) is 4.01. The molecule has 1 aliphatic rings. The van der Waals surface area contributed by atoms with E-state index in [-0.39, 0.29) is 5.60 Å². The topological polar surface area (TPSA) is 9.23 Å². The van der Waals surface area contributed by atoms with Gasteiger partial charge in [0.1, 0.15) is 11.4 Å². The Morgan fingerprint density at radius 1 is 1.12 bits per heavy atom. The molecule has 0 spiro atoms. The Hall–Kier alpha value is -1.76. The van der Waals surface area contributed by atoms with Gasteiger partial charge >= 0.3 is 0 Å². The van der Waals surface area contributed by atoms with E-state index in [0.717, 1.165) is 24.2 Å². The summed E-state index contributed by atoms with van der Waals surface area (Å²) >= 11 is 0. The molecule has 0 saturated heterocycles. The van der Waals surface area contributed by atoms with E-state index in [9.17, 15) is 0 Å². The molecule has 16 heavy (non-hydrogen) atoms. The fourth-order valence-corrected chi connectivity index (χ4v) is 2.32. The summed E-state index contributed by atoms with van der Waals surface area (Å²) in [6.07, 6.45) is 5.32.